The molecule has 5 heteroatoms. The summed E-state index contributed by atoms with van der Waals surface area (Å²) >= 11 is 0. The Hall–Kier alpha value is -2.82. The highest BCUT2D eigenvalue weighted by Crippen LogP contribution is 2.41. The highest BCUT2D eigenvalue weighted by molar-refractivity contribution is 5.96. The number of ether oxygens (including phenoxy) is 2. The lowest BCUT2D eigenvalue weighted by molar-refractivity contribution is 0.381. The van der Waals surface area contributed by atoms with Crippen LogP contribution >= 0.6 is 0 Å². The van der Waals surface area contributed by atoms with E-state index in [1.807, 2.05) is 13.0 Å². The van der Waals surface area contributed by atoms with Gasteiger partial charge < -0.3 is 15.2 Å². The number of anilines is 1. The van der Waals surface area contributed by atoms with Gasteiger partial charge in [-0.25, -0.2) is 4.39 Å². The van der Waals surface area contributed by atoms with Gasteiger partial charge in [-0.3, -0.25) is 4.98 Å². The third kappa shape index (κ3) is 2.53. The highest BCUT2D eigenvalue weighted by atomic mass is 19.1. The maximum atomic E-state index is 13.0. The van der Waals surface area contributed by atoms with Gasteiger partial charge in [-0.05, 0) is 42.8 Å². The summed E-state index contributed by atoms with van der Waals surface area (Å²) in [6.07, 6.45) is 1.74. The third-order valence-corrected chi connectivity index (χ3v) is 3.31. The lowest BCUT2D eigenvalue weighted by atomic mass is 10.1. The molecule has 0 saturated carbocycles. The lowest BCUT2D eigenvalue weighted by Crippen LogP contribution is -1.97. The van der Waals surface area contributed by atoms with Gasteiger partial charge in [0.1, 0.15) is 11.6 Å². The number of aromatic nitrogens is 1. The minimum Gasteiger partial charge on any atom is -0.493 e. The molecule has 0 fully saturated rings. The number of methoxy groups -OCH3 is 1. The van der Waals surface area contributed by atoms with Crippen molar-refractivity contribution in [3.63, 3.8) is 0 Å². The molecule has 0 spiro atoms. The second-order valence-corrected chi connectivity index (χ2v) is 4.96. The van der Waals surface area contributed by atoms with Crippen LogP contribution in [-0.4, -0.2) is 12.1 Å². The summed E-state index contributed by atoms with van der Waals surface area (Å²) < 4.78 is 24.3. The zero-order chi connectivity index (χ0) is 15.7. The molecule has 1 heterocycles. The largest absolute Gasteiger partial charge is 0.493 e. The topological polar surface area (TPSA) is 57.4 Å². The molecule has 0 saturated heterocycles. The molecule has 4 nitrogen and oxygen atoms in total. The monoisotopic (exact) mass is 298 g/mol. The number of nitrogens with two attached hydrogens (primary N) is 1. The average molecular weight is 298 g/mol. The SMILES string of the molecule is COc1cc(N)c2ncc(C)cc2c1Oc1ccc(F)cc1. The molecule has 22 heavy (non-hydrogen) atoms. The van der Waals surface area contributed by atoms with E-state index >= 15 is 0 Å². The third-order valence-electron chi connectivity index (χ3n) is 3.31. The summed E-state index contributed by atoms with van der Waals surface area (Å²) in [5.74, 6) is 1.20. The number of aryl methyl sites for hydroxylation is 1. The van der Waals surface area contributed by atoms with Gasteiger partial charge in [0, 0.05) is 17.6 Å². The first-order chi connectivity index (χ1) is 10.6. The highest BCUT2D eigenvalue weighted by Gasteiger charge is 2.15. The van der Waals surface area contributed by atoms with Crippen molar-refractivity contribution in [3.8, 4) is 17.2 Å². The summed E-state index contributed by atoms with van der Waals surface area (Å²) in [6.45, 7) is 1.93. The van der Waals surface area contributed by atoms with E-state index in [0.29, 0.717) is 28.5 Å². The molecule has 0 aliphatic heterocycles. The zero-order valence-electron chi connectivity index (χ0n) is 12.3. The van der Waals surface area contributed by atoms with E-state index in [0.717, 1.165) is 10.9 Å². The van der Waals surface area contributed by atoms with E-state index in [-0.39, 0.29) is 5.82 Å². The molecule has 1 aromatic heterocycles. The summed E-state index contributed by atoms with van der Waals surface area (Å²) in [7, 11) is 1.54. The Kier molecular flexibility index (Phi) is 3.55. The molecule has 3 rings (SSSR count). The van der Waals surface area contributed by atoms with Crippen LogP contribution in [0.15, 0.2) is 42.6 Å². The molecular weight excluding hydrogens is 283 g/mol. The standard InChI is InChI=1S/C17H15FN2O2/c1-10-7-13-16(20-9-10)14(19)8-15(21-2)17(13)22-12-5-3-11(18)4-6-12/h3-9H,19H2,1-2H3. The van der Waals surface area contributed by atoms with Crippen molar-refractivity contribution >= 4 is 16.6 Å². The van der Waals surface area contributed by atoms with Crippen LogP contribution in [0.1, 0.15) is 5.56 Å². The predicted octanol–water partition coefficient (Wildman–Crippen LogP) is 4.07. The summed E-state index contributed by atoms with van der Waals surface area (Å²) in [4.78, 5) is 4.35. The molecule has 3 aromatic rings. The maximum absolute atomic E-state index is 13.0. The number of hydrogen-bond donors (Lipinski definition) is 1. The van der Waals surface area contributed by atoms with Crippen molar-refractivity contribution in [1.82, 2.24) is 4.98 Å². The molecular formula is C17H15FN2O2. The number of benzene rings is 2. The van der Waals surface area contributed by atoms with Crippen LogP contribution in [0, 0.1) is 12.7 Å². The van der Waals surface area contributed by atoms with E-state index in [1.54, 1.807) is 31.5 Å². The number of nitrogen functional groups attached to an aromatic ring is 1. The second-order valence-electron chi connectivity index (χ2n) is 4.96. The smallest absolute Gasteiger partial charge is 0.178 e. The fraction of sp³-hybridized carbons (Fsp3) is 0.118. The summed E-state index contributed by atoms with van der Waals surface area (Å²) in [5.41, 5.74) is 8.15. The predicted molar refractivity (Wildman–Crippen MR) is 83.9 cm³/mol. The quantitative estimate of drug-likeness (QED) is 0.741. The van der Waals surface area contributed by atoms with Crippen molar-refractivity contribution in [3.05, 3.63) is 54.0 Å². The second kappa shape index (κ2) is 5.52. The van der Waals surface area contributed by atoms with Crippen LogP contribution in [0.5, 0.6) is 17.2 Å². The van der Waals surface area contributed by atoms with E-state index in [9.17, 15) is 4.39 Å². The van der Waals surface area contributed by atoms with Crippen molar-refractivity contribution in [2.45, 2.75) is 6.92 Å². The molecule has 0 aliphatic rings. The molecule has 2 aromatic carbocycles. The number of fused-ring (bicyclic) bond motifs is 1. The maximum Gasteiger partial charge on any atom is 0.178 e. The van der Waals surface area contributed by atoms with Gasteiger partial charge in [0.2, 0.25) is 0 Å². The Bertz CT molecular complexity index is 832. The minimum atomic E-state index is -0.320. The Morgan fingerprint density at radius 1 is 1.14 bits per heavy atom. The van der Waals surface area contributed by atoms with Crippen LogP contribution in [0.25, 0.3) is 10.9 Å². The van der Waals surface area contributed by atoms with Gasteiger partial charge in [-0.1, -0.05) is 0 Å². The number of nitrogens with zero attached hydrogens (tertiary/aromatic N) is 1. The summed E-state index contributed by atoms with van der Waals surface area (Å²) in [6, 6.07) is 9.39. The Labute approximate surface area is 127 Å². The Balaban J connectivity index is 2.19. The van der Waals surface area contributed by atoms with Crippen LogP contribution in [-0.2, 0) is 0 Å². The van der Waals surface area contributed by atoms with Gasteiger partial charge in [-0.15, -0.1) is 0 Å². The first-order valence-electron chi connectivity index (χ1n) is 6.74. The molecule has 0 amide bonds. The normalized spacial score (nSPS) is 10.7. The van der Waals surface area contributed by atoms with E-state index < -0.39 is 0 Å². The average Bonchev–Trinajstić information content (AvgIpc) is 2.51. The van der Waals surface area contributed by atoms with Crippen molar-refractivity contribution < 1.29 is 13.9 Å². The van der Waals surface area contributed by atoms with Gasteiger partial charge >= 0.3 is 0 Å². The fourth-order valence-corrected chi connectivity index (χ4v) is 2.26. The zero-order valence-corrected chi connectivity index (χ0v) is 12.3. The van der Waals surface area contributed by atoms with Gasteiger partial charge in [0.15, 0.2) is 11.5 Å². The fourth-order valence-electron chi connectivity index (χ4n) is 2.26. The van der Waals surface area contributed by atoms with Crippen molar-refractivity contribution in [1.29, 1.82) is 0 Å². The molecule has 112 valence electrons. The van der Waals surface area contributed by atoms with E-state index in [1.165, 1.54) is 12.1 Å². The lowest BCUT2D eigenvalue weighted by Gasteiger charge is -2.14. The van der Waals surface area contributed by atoms with Crippen LogP contribution in [0.4, 0.5) is 10.1 Å². The van der Waals surface area contributed by atoms with Crippen LogP contribution in [0.2, 0.25) is 0 Å². The Morgan fingerprint density at radius 3 is 2.55 bits per heavy atom. The number of halogens is 1. The van der Waals surface area contributed by atoms with Gasteiger partial charge in [0.25, 0.3) is 0 Å². The first kappa shape index (κ1) is 14.1. The molecule has 0 atom stereocenters. The number of rotatable bonds is 3. The van der Waals surface area contributed by atoms with Crippen LogP contribution < -0.4 is 15.2 Å². The molecule has 0 bridgehead atoms. The first-order valence-corrected chi connectivity index (χ1v) is 6.74. The number of hydrogen-bond acceptors (Lipinski definition) is 4. The molecule has 0 aliphatic carbocycles. The Morgan fingerprint density at radius 2 is 1.86 bits per heavy atom. The van der Waals surface area contributed by atoms with Crippen LogP contribution in [0.3, 0.4) is 0 Å². The van der Waals surface area contributed by atoms with Gasteiger partial charge in [0.05, 0.1) is 18.3 Å². The van der Waals surface area contributed by atoms with E-state index in [2.05, 4.69) is 4.98 Å². The minimum absolute atomic E-state index is 0.320. The summed E-state index contributed by atoms with van der Waals surface area (Å²) in [5, 5.41) is 0.751. The molecule has 0 radical (unpaired) electrons. The van der Waals surface area contributed by atoms with E-state index in [4.69, 9.17) is 15.2 Å². The van der Waals surface area contributed by atoms with Gasteiger partial charge in [-0.2, -0.15) is 0 Å². The molecule has 2 N–H and O–H groups in total. The van der Waals surface area contributed by atoms with Crippen molar-refractivity contribution in [2.75, 3.05) is 12.8 Å². The molecule has 0 unspecified atom stereocenters. The number of pyridine rings is 1. The van der Waals surface area contributed by atoms with Crippen molar-refractivity contribution in [2.24, 2.45) is 0 Å².